The molecule has 0 saturated heterocycles. The normalized spacial score (nSPS) is 19.0. The average molecular weight is 386 g/mol. The summed E-state index contributed by atoms with van der Waals surface area (Å²) in [5.74, 6) is 1.83. The molecule has 0 saturated carbocycles. The van der Waals surface area contributed by atoms with Crippen LogP contribution in [0.4, 0.5) is 13.2 Å². The van der Waals surface area contributed by atoms with Gasteiger partial charge in [0.2, 0.25) is 11.8 Å². The fourth-order valence-electron chi connectivity index (χ4n) is 3.86. The molecule has 3 N–H and O–H groups in total. The lowest BCUT2D eigenvalue weighted by Gasteiger charge is -2.41. The lowest BCUT2D eigenvalue weighted by Crippen LogP contribution is -2.41. The maximum Gasteiger partial charge on any atom is 0.416 e. The zero-order chi connectivity index (χ0) is 20.9. The van der Waals surface area contributed by atoms with Crippen molar-refractivity contribution in [3.8, 4) is 24.3 Å². The number of hydrogen-bond donors (Lipinski definition) is 2. The molecule has 2 heterocycles. The van der Waals surface area contributed by atoms with Gasteiger partial charge >= 0.3 is 6.18 Å². The van der Waals surface area contributed by atoms with Crippen LogP contribution in [0.15, 0.2) is 29.7 Å². The van der Waals surface area contributed by atoms with Gasteiger partial charge in [-0.3, -0.25) is 5.10 Å². The summed E-state index contributed by atoms with van der Waals surface area (Å²) < 4.78 is 46.1. The molecule has 1 aliphatic heterocycles. The fraction of sp³-hybridized carbons (Fsp3) is 0.300. The van der Waals surface area contributed by atoms with Gasteiger partial charge in [-0.05, 0) is 36.6 Å². The summed E-state index contributed by atoms with van der Waals surface area (Å²) in [5, 5.41) is 16.7. The first-order chi connectivity index (χ1) is 13.1. The molecule has 144 valence electrons. The van der Waals surface area contributed by atoms with Crippen LogP contribution >= 0.6 is 0 Å². The molecule has 0 radical (unpaired) electrons. The Morgan fingerprint density at radius 3 is 2.54 bits per heavy atom. The number of nitrogens with two attached hydrogens (primary N) is 1. The Morgan fingerprint density at radius 1 is 1.32 bits per heavy atom. The molecule has 5 nitrogen and oxygen atoms in total. The number of aromatic nitrogens is 2. The smallest absolute Gasteiger partial charge is 0.416 e. The summed E-state index contributed by atoms with van der Waals surface area (Å²) in [5.41, 5.74) is 5.07. The van der Waals surface area contributed by atoms with E-state index in [0.29, 0.717) is 11.3 Å². The number of rotatable bonds is 2. The largest absolute Gasteiger partial charge is 0.420 e. The highest BCUT2D eigenvalue weighted by Crippen LogP contribution is 2.53. The number of ether oxygens (including phenoxy) is 1. The van der Waals surface area contributed by atoms with Crippen molar-refractivity contribution in [2.45, 2.75) is 32.4 Å². The van der Waals surface area contributed by atoms with Crippen LogP contribution in [-0.4, -0.2) is 10.2 Å². The molecule has 2 aromatic rings. The molecule has 28 heavy (non-hydrogen) atoms. The average Bonchev–Trinajstić information content (AvgIpc) is 2.99. The van der Waals surface area contributed by atoms with Crippen molar-refractivity contribution in [3.05, 3.63) is 57.6 Å². The Bertz CT molecular complexity index is 1070. The van der Waals surface area contributed by atoms with Gasteiger partial charge in [0.15, 0.2) is 0 Å². The van der Waals surface area contributed by atoms with Gasteiger partial charge < -0.3 is 10.5 Å². The van der Waals surface area contributed by atoms with E-state index in [9.17, 15) is 18.4 Å². The predicted molar refractivity (Wildman–Crippen MR) is 95.8 cm³/mol. The Labute approximate surface area is 160 Å². The molecule has 0 fully saturated rings. The molecule has 1 atom stereocenters. The minimum absolute atomic E-state index is 0.0156. The first-order valence-electron chi connectivity index (χ1n) is 8.40. The van der Waals surface area contributed by atoms with E-state index >= 15 is 0 Å². The van der Waals surface area contributed by atoms with E-state index in [1.807, 2.05) is 6.07 Å². The van der Waals surface area contributed by atoms with Crippen LogP contribution in [0.2, 0.25) is 0 Å². The third kappa shape index (κ3) is 2.61. The molecule has 1 aliphatic rings. The third-order valence-electron chi connectivity index (χ3n) is 5.02. The van der Waals surface area contributed by atoms with Gasteiger partial charge in [-0.25, -0.2) is 0 Å². The van der Waals surface area contributed by atoms with E-state index in [2.05, 4.69) is 16.1 Å². The lowest BCUT2D eigenvalue weighted by atomic mass is 9.61. The van der Waals surface area contributed by atoms with Gasteiger partial charge in [0.25, 0.3) is 0 Å². The molecule has 0 aliphatic carbocycles. The second kappa shape index (κ2) is 6.35. The number of fused-ring (bicyclic) bond motifs is 1. The van der Waals surface area contributed by atoms with Gasteiger partial charge in [0.1, 0.15) is 11.6 Å². The number of terminal acetylenes is 1. The first-order valence-corrected chi connectivity index (χ1v) is 8.40. The number of halogens is 3. The highest BCUT2D eigenvalue weighted by Gasteiger charge is 2.51. The van der Waals surface area contributed by atoms with Gasteiger partial charge in [-0.2, -0.15) is 18.4 Å². The van der Waals surface area contributed by atoms with Gasteiger partial charge in [0, 0.05) is 11.3 Å². The summed E-state index contributed by atoms with van der Waals surface area (Å²) in [7, 11) is 0. The van der Waals surface area contributed by atoms with Gasteiger partial charge in [-0.1, -0.05) is 19.8 Å². The van der Waals surface area contributed by atoms with Gasteiger partial charge in [0.05, 0.1) is 16.5 Å². The van der Waals surface area contributed by atoms with Gasteiger partial charge in [-0.15, -0.1) is 11.5 Å². The summed E-state index contributed by atoms with van der Waals surface area (Å²) in [6.07, 6.45) is 0.807. The van der Waals surface area contributed by atoms with Crippen molar-refractivity contribution >= 4 is 0 Å². The topological polar surface area (TPSA) is 87.7 Å². The highest BCUT2D eigenvalue weighted by molar-refractivity contribution is 5.63. The molecule has 3 rings (SSSR count). The number of allylic oxidation sites excluding steroid dienone is 1. The predicted octanol–water partition coefficient (Wildman–Crippen LogP) is 3.75. The van der Waals surface area contributed by atoms with E-state index < -0.39 is 17.2 Å². The van der Waals surface area contributed by atoms with E-state index in [1.54, 1.807) is 20.8 Å². The molecule has 1 unspecified atom stereocenters. The maximum atomic E-state index is 13.5. The summed E-state index contributed by atoms with van der Waals surface area (Å²) >= 11 is 0. The summed E-state index contributed by atoms with van der Waals surface area (Å²) in [4.78, 5) is 0. The third-order valence-corrected chi connectivity index (χ3v) is 5.02. The summed E-state index contributed by atoms with van der Waals surface area (Å²) in [6.45, 7) is 5.29. The first kappa shape index (κ1) is 19.4. The quantitative estimate of drug-likeness (QED) is 0.770. The Morgan fingerprint density at radius 2 is 2.00 bits per heavy atom. The van der Waals surface area contributed by atoms with Crippen molar-refractivity contribution in [1.29, 1.82) is 5.26 Å². The van der Waals surface area contributed by atoms with Crippen LogP contribution in [0.1, 0.15) is 41.8 Å². The monoisotopic (exact) mass is 386 g/mol. The SMILES string of the molecule is C#Cc1cc(C(F)(F)F)cc(C2(C(C)C)C(C#N)=C(N)Oc3n[nH]c(C)c32)c1. The Kier molecular flexibility index (Phi) is 4.39. The molecular weight excluding hydrogens is 369 g/mol. The number of alkyl halides is 3. The van der Waals surface area contributed by atoms with Crippen molar-refractivity contribution < 1.29 is 17.9 Å². The van der Waals surface area contributed by atoms with Crippen LogP contribution in [0.3, 0.4) is 0 Å². The number of benzene rings is 1. The zero-order valence-electron chi connectivity index (χ0n) is 15.4. The second-order valence-corrected chi connectivity index (χ2v) is 6.89. The minimum Gasteiger partial charge on any atom is -0.420 e. The van der Waals surface area contributed by atoms with E-state index in [-0.39, 0.29) is 34.4 Å². The van der Waals surface area contributed by atoms with Crippen LogP contribution < -0.4 is 10.5 Å². The number of H-pyrrole nitrogens is 1. The molecule has 8 heteroatoms. The lowest BCUT2D eigenvalue weighted by molar-refractivity contribution is -0.137. The second-order valence-electron chi connectivity index (χ2n) is 6.89. The number of aryl methyl sites for hydroxylation is 1. The molecule has 0 amide bonds. The molecule has 1 aromatic heterocycles. The van der Waals surface area contributed by atoms with E-state index in [1.165, 1.54) is 6.07 Å². The molecule has 0 spiro atoms. The number of hydrogen-bond acceptors (Lipinski definition) is 4. The van der Waals surface area contributed by atoms with Crippen LogP contribution in [-0.2, 0) is 11.6 Å². The number of nitrogens with one attached hydrogen (secondary N) is 1. The molecule has 0 bridgehead atoms. The van der Waals surface area contributed by atoms with Crippen LogP contribution in [0.25, 0.3) is 0 Å². The Hall–Kier alpha value is -3.39. The van der Waals surface area contributed by atoms with Crippen molar-refractivity contribution in [2.75, 3.05) is 0 Å². The van der Waals surface area contributed by atoms with Crippen molar-refractivity contribution in [3.63, 3.8) is 0 Å². The number of nitriles is 1. The Balaban J connectivity index is 2.50. The zero-order valence-corrected chi connectivity index (χ0v) is 15.4. The number of nitrogens with zero attached hydrogens (tertiary/aromatic N) is 2. The minimum atomic E-state index is -4.61. The van der Waals surface area contributed by atoms with Crippen LogP contribution in [0, 0.1) is 36.5 Å². The highest BCUT2D eigenvalue weighted by atomic mass is 19.4. The molecule has 1 aromatic carbocycles. The molecular formula is C20H17F3N4O. The van der Waals surface area contributed by atoms with Crippen LogP contribution in [0.5, 0.6) is 5.88 Å². The fourth-order valence-corrected chi connectivity index (χ4v) is 3.86. The standard InChI is InChI=1S/C20H17F3N4O/c1-5-12-6-13(8-14(7-12)20(21,22)23)19(10(2)3)15(9-24)17(25)28-18-16(19)11(4)26-27-18/h1,6-8,10H,25H2,2-4H3,(H,26,27). The van der Waals surface area contributed by atoms with Crippen molar-refractivity contribution in [2.24, 2.45) is 11.7 Å². The van der Waals surface area contributed by atoms with Crippen molar-refractivity contribution in [1.82, 2.24) is 10.2 Å². The van der Waals surface area contributed by atoms with E-state index in [0.717, 1.165) is 12.1 Å². The van der Waals surface area contributed by atoms with E-state index in [4.69, 9.17) is 16.9 Å². The maximum absolute atomic E-state index is 13.5. The summed E-state index contributed by atoms with van der Waals surface area (Å²) in [6, 6.07) is 5.42. The number of aromatic amines is 1.